The summed E-state index contributed by atoms with van der Waals surface area (Å²) in [5.41, 5.74) is -2.01. The number of carboxylic acid groups (broad SMARTS) is 1. The van der Waals surface area contributed by atoms with Crippen molar-refractivity contribution in [2.75, 3.05) is 0 Å². The first kappa shape index (κ1) is 21.2. The van der Waals surface area contributed by atoms with Gasteiger partial charge in [0, 0.05) is 17.6 Å². The lowest BCUT2D eigenvalue weighted by molar-refractivity contribution is -0.377. The minimum atomic E-state index is -6.58. The molecule has 0 aliphatic rings. The Morgan fingerprint density at radius 3 is 1.70 bits per heavy atom. The minimum absolute atomic E-state index is 0.114. The van der Waals surface area contributed by atoms with Gasteiger partial charge in [-0.1, -0.05) is 20.8 Å². The van der Waals surface area contributed by atoms with Crippen molar-refractivity contribution in [1.82, 2.24) is 0 Å². The molecular weight excluding hydrogens is 341 g/mol. The van der Waals surface area contributed by atoms with Crippen LogP contribution in [-0.4, -0.2) is 41.2 Å². The van der Waals surface area contributed by atoms with Crippen LogP contribution >= 0.6 is 0 Å². The van der Waals surface area contributed by atoms with Crippen LogP contribution < -0.4 is 0 Å². The highest BCUT2D eigenvalue weighted by Gasteiger charge is 2.77. The Labute approximate surface area is 125 Å². The lowest BCUT2D eigenvalue weighted by Crippen LogP contribution is -2.61. The van der Waals surface area contributed by atoms with Crippen molar-refractivity contribution in [3.8, 4) is 0 Å². The van der Waals surface area contributed by atoms with Gasteiger partial charge in [0.1, 0.15) is 0 Å². The van der Waals surface area contributed by atoms with Gasteiger partial charge in [-0.05, 0) is 0 Å². The Kier molecular flexibility index (Phi) is 5.86. The molecule has 1 unspecified atom stereocenters. The molecule has 134 valence electrons. The quantitative estimate of drug-likeness (QED) is 0.467. The highest BCUT2D eigenvalue weighted by atomic mass is 19.4. The van der Waals surface area contributed by atoms with Crippen LogP contribution in [0.1, 0.15) is 20.8 Å². The molecule has 0 saturated heterocycles. The number of rotatable bonds is 5. The van der Waals surface area contributed by atoms with E-state index >= 15 is 0 Å². The van der Waals surface area contributed by atoms with Crippen LogP contribution in [0.15, 0.2) is 12.2 Å². The second-order valence-electron chi connectivity index (χ2n) is 5.55. The highest BCUT2D eigenvalue weighted by molar-refractivity contribution is 5.90. The van der Waals surface area contributed by atoms with Gasteiger partial charge < -0.3 is 9.84 Å². The van der Waals surface area contributed by atoms with Gasteiger partial charge in [-0.3, -0.25) is 0 Å². The zero-order chi connectivity index (χ0) is 18.9. The SMILES string of the molecule is CC(C)(C)C(OC(=O)/C=C/C(=O)O)C(F)(F)C(F)(F)C(F)(F)F. The van der Waals surface area contributed by atoms with Gasteiger partial charge >= 0.3 is 30.0 Å². The molecule has 23 heavy (non-hydrogen) atoms. The standard InChI is InChI=1S/C12H13F7O4/c1-9(2,3)8(23-7(22)5-4-6(20)21)10(13,14)11(15,16)12(17,18)19/h4-5,8H,1-3H3,(H,20,21)/b5-4+. The minimum Gasteiger partial charge on any atom is -0.478 e. The topological polar surface area (TPSA) is 63.6 Å². The van der Waals surface area contributed by atoms with Crippen LogP contribution in [-0.2, 0) is 14.3 Å². The molecule has 0 aliphatic carbocycles. The Morgan fingerprint density at radius 2 is 1.39 bits per heavy atom. The van der Waals surface area contributed by atoms with Gasteiger partial charge in [-0.15, -0.1) is 0 Å². The maximum Gasteiger partial charge on any atom is 0.460 e. The predicted molar refractivity (Wildman–Crippen MR) is 62.1 cm³/mol. The van der Waals surface area contributed by atoms with Crippen molar-refractivity contribution in [1.29, 1.82) is 0 Å². The van der Waals surface area contributed by atoms with E-state index in [4.69, 9.17) is 5.11 Å². The second kappa shape index (κ2) is 6.36. The number of alkyl halides is 7. The first-order chi connectivity index (χ1) is 9.94. The summed E-state index contributed by atoms with van der Waals surface area (Å²) in [4.78, 5) is 21.4. The summed E-state index contributed by atoms with van der Waals surface area (Å²) in [6, 6.07) is 0. The smallest absolute Gasteiger partial charge is 0.460 e. The summed E-state index contributed by atoms with van der Waals surface area (Å²) >= 11 is 0. The van der Waals surface area contributed by atoms with Gasteiger partial charge in [0.05, 0.1) is 0 Å². The molecule has 1 N–H and O–H groups in total. The van der Waals surface area contributed by atoms with Crippen LogP contribution in [0.3, 0.4) is 0 Å². The molecule has 0 spiro atoms. The highest BCUT2D eigenvalue weighted by Crippen LogP contribution is 2.51. The normalized spacial score (nSPS) is 15.6. The number of hydrogen-bond acceptors (Lipinski definition) is 3. The molecule has 1 atom stereocenters. The Bertz CT molecular complexity index is 489. The summed E-state index contributed by atoms with van der Waals surface area (Å²) in [6.07, 6.45) is -9.48. The van der Waals surface area contributed by atoms with E-state index in [1.54, 1.807) is 0 Å². The number of carbonyl (C=O) groups is 2. The lowest BCUT2D eigenvalue weighted by Gasteiger charge is -2.39. The summed E-state index contributed by atoms with van der Waals surface area (Å²) in [6.45, 7) is 2.56. The maximum atomic E-state index is 13.7. The fourth-order valence-corrected chi connectivity index (χ4v) is 1.44. The van der Waals surface area contributed by atoms with Crippen molar-refractivity contribution >= 4 is 11.9 Å². The van der Waals surface area contributed by atoms with Crippen LogP contribution in [0.5, 0.6) is 0 Å². The molecule has 0 aromatic rings. The molecule has 0 radical (unpaired) electrons. The average molecular weight is 354 g/mol. The molecule has 0 amide bonds. The Morgan fingerprint density at radius 1 is 0.957 bits per heavy atom. The zero-order valence-electron chi connectivity index (χ0n) is 12.0. The lowest BCUT2D eigenvalue weighted by atomic mass is 9.82. The zero-order valence-corrected chi connectivity index (χ0v) is 12.0. The van der Waals surface area contributed by atoms with E-state index in [-0.39, 0.29) is 12.2 Å². The summed E-state index contributed by atoms with van der Waals surface area (Å²) in [5.74, 6) is -15.7. The fourth-order valence-electron chi connectivity index (χ4n) is 1.44. The molecule has 0 heterocycles. The van der Waals surface area contributed by atoms with Crippen molar-refractivity contribution in [2.45, 2.75) is 44.9 Å². The first-order valence-electron chi connectivity index (χ1n) is 5.88. The molecule has 0 fully saturated rings. The van der Waals surface area contributed by atoms with E-state index in [2.05, 4.69) is 4.74 Å². The van der Waals surface area contributed by atoms with E-state index in [1.165, 1.54) is 0 Å². The third-order valence-electron chi connectivity index (χ3n) is 2.49. The van der Waals surface area contributed by atoms with Crippen LogP contribution in [0.25, 0.3) is 0 Å². The van der Waals surface area contributed by atoms with Crippen molar-refractivity contribution in [3.05, 3.63) is 12.2 Å². The van der Waals surface area contributed by atoms with Gasteiger partial charge in [-0.25, -0.2) is 9.59 Å². The largest absolute Gasteiger partial charge is 0.478 e. The van der Waals surface area contributed by atoms with Crippen LogP contribution in [0.2, 0.25) is 0 Å². The molecule has 0 aromatic heterocycles. The molecule has 0 saturated carbocycles. The molecular formula is C12H13F7O4. The molecule has 0 aliphatic heterocycles. The number of carbonyl (C=O) groups excluding carboxylic acids is 1. The maximum absolute atomic E-state index is 13.7. The van der Waals surface area contributed by atoms with E-state index in [0.717, 1.165) is 20.8 Å². The van der Waals surface area contributed by atoms with Crippen molar-refractivity contribution in [3.63, 3.8) is 0 Å². The van der Waals surface area contributed by atoms with Gasteiger partial charge in [-0.2, -0.15) is 30.7 Å². The average Bonchev–Trinajstić information content (AvgIpc) is 2.30. The molecule has 0 bridgehead atoms. The predicted octanol–water partition coefficient (Wildman–Crippen LogP) is 3.42. The number of hydrogen-bond donors (Lipinski definition) is 1. The fraction of sp³-hybridized carbons (Fsp3) is 0.667. The first-order valence-corrected chi connectivity index (χ1v) is 5.88. The van der Waals surface area contributed by atoms with Crippen molar-refractivity contribution in [2.24, 2.45) is 5.41 Å². The van der Waals surface area contributed by atoms with E-state index < -0.39 is 41.5 Å². The third kappa shape index (κ3) is 4.83. The molecule has 11 heteroatoms. The Balaban J connectivity index is 5.75. The second-order valence-corrected chi connectivity index (χ2v) is 5.55. The van der Waals surface area contributed by atoms with Gasteiger partial charge in [0.15, 0.2) is 6.10 Å². The summed E-state index contributed by atoms with van der Waals surface area (Å²) in [7, 11) is 0. The summed E-state index contributed by atoms with van der Waals surface area (Å²) in [5, 5.41) is 8.24. The third-order valence-corrected chi connectivity index (χ3v) is 2.49. The van der Waals surface area contributed by atoms with Crippen molar-refractivity contribution < 1.29 is 50.2 Å². The molecule has 0 rings (SSSR count). The van der Waals surface area contributed by atoms with Gasteiger partial charge in [0.25, 0.3) is 0 Å². The number of ether oxygens (including phenoxy) is 1. The monoisotopic (exact) mass is 354 g/mol. The molecule has 4 nitrogen and oxygen atoms in total. The number of carboxylic acids is 1. The molecule has 0 aromatic carbocycles. The van der Waals surface area contributed by atoms with E-state index in [1.807, 2.05) is 0 Å². The van der Waals surface area contributed by atoms with Crippen LogP contribution in [0, 0.1) is 5.41 Å². The Hall–Kier alpha value is -1.81. The van der Waals surface area contributed by atoms with Crippen LogP contribution in [0.4, 0.5) is 30.7 Å². The van der Waals surface area contributed by atoms with E-state index in [0.29, 0.717) is 0 Å². The number of halogens is 7. The number of aliphatic carboxylic acids is 1. The van der Waals surface area contributed by atoms with Gasteiger partial charge in [0.2, 0.25) is 0 Å². The van der Waals surface area contributed by atoms with E-state index in [9.17, 15) is 40.3 Å². The number of esters is 1. The summed E-state index contributed by atoms with van der Waals surface area (Å²) < 4.78 is 94.2.